The molecule has 9 nitrogen and oxygen atoms in total. The van der Waals surface area contributed by atoms with E-state index in [0.29, 0.717) is 32.7 Å². The molecule has 1 aromatic rings. The fraction of sp³-hybridized carbons (Fsp3) is 0.710. The zero-order chi connectivity index (χ0) is 28.9. The van der Waals surface area contributed by atoms with Crippen molar-refractivity contribution in [2.75, 3.05) is 73.6 Å². The number of carbonyl (C=O) groups is 3. The quantitative estimate of drug-likeness (QED) is 0.280. The Morgan fingerprint density at radius 1 is 1.12 bits per heavy atom. The van der Waals surface area contributed by atoms with Crippen molar-refractivity contribution in [1.29, 1.82) is 0 Å². The average molecular weight is 558 g/mol. The lowest BCUT2D eigenvalue weighted by Gasteiger charge is -2.32. The number of carboxylic acid groups (broad SMARTS) is 1. The number of benzene rings is 1. The van der Waals surface area contributed by atoms with Crippen LogP contribution in [0.2, 0.25) is 0 Å². The molecule has 9 heteroatoms. The maximum Gasteiger partial charge on any atom is 0.308 e. The fourth-order valence-corrected chi connectivity index (χ4v) is 6.49. The largest absolute Gasteiger partial charge is 0.493 e. The smallest absolute Gasteiger partial charge is 0.308 e. The van der Waals surface area contributed by atoms with Crippen LogP contribution in [0.4, 0.5) is 0 Å². The maximum absolute atomic E-state index is 13.8. The van der Waals surface area contributed by atoms with Crippen LogP contribution >= 0.6 is 0 Å². The van der Waals surface area contributed by atoms with E-state index in [1.807, 2.05) is 17.0 Å². The molecule has 0 unspecified atom stereocenters. The monoisotopic (exact) mass is 557 g/mol. The molecule has 0 aliphatic carbocycles. The predicted molar refractivity (Wildman–Crippen MR) is 154 cm³/mol. The number of likely N-dealkylation sites (tertiary alicyclic amines) is 2. The first-order valence-electron chi connectivity index (χ1n) is 15.2. The molecule has 0 saturated carbocycles. The minimum atomic E-state index is -0.864. The first-order valence-corrected chi connectivity index (χ1v) is 15.2. The third-order valence-corrected chi connectivity index (χ3v) is 8.73. The number of hydrogen-bond acceptors (Lipinski definition) is 5. The Labute approximate surface area is 239 Å². The summed E-state index contributed by atoms with van der Waals surface area (Å²) in [5.41, 5.74) is 2.09. The van der Waals surface area contributed by atoms with Crippen LogP contribution in [-0.4, -0.2) is 122 Å². The SMILES string of the molecule is CCCCN(CCCC[N+](C)(C)C)C(=O)CN1C[C@H](c2ccc3c(c2)CCO3)[C@@H](C(=O)O)[C@@H]1CN1CCCC1=O. The zero-order valence-corrected chi connectivity index (χ0v) is 24.9. The normalized spacial score (nSPS) is 22.9. The number of quaternary nitrogens is 1. The summed E-state index contributed by atoms with van der Waals surface area (Å²) in [6, 6.07) is 5.61. The van der Waals surface area contributed by atoms with Crippen molar-refractivity contribution in [3.63, 3.8) is 0 Å². The lowest BCUT2D eigenvalue weighted by Crippen LogP contribution is -2.49. The number of carbonyl (C=O) groups excluding carboxylic acids is 2. The van der Waals surface area contributed by atoms with E-state index in [9.17, 15) is 19.5 Å². The van der Waals surface area contributed by atoms with E-state index >= 15 is 0 Å². The highest BCUT2D eigenvalue weighted by molar-refractivity contribution is 5.80. The Hall–Kier alpha value is -2.65. The maximum atomic E-state index is 13.8. The Bertz CT molecular complexity index is 1050. The molecule has 222 valence electrons. The summed E-state index contributed by atoms with van der Waals surface area (Å²) < 4.78 is 6.58. The summed E-state index contributed by atoms with van der Waals surface area (Å²) in [7, 11) is 6.55. The minimum absolute atomic E-state index is 0.0589. The van der Waals surface area contributed by atoms with Gasteiger partial charge in [0.15, 0.2) is 0 Å². The van der Waals surface area contributed by atoms with Gasteiger partial charge in [-0.1, -0.05) is 25.5 Å². The molecule has 3 atom stereocenters. The minimum Gasteiger partial charge on any atom is -0.493 e. The van der Waals surface area contributed by atoms with Crippen LogP contribution in [0, 0.1) is 5.92 Å². The predicted octanol–water partition coefficient (Wildman–Crippen LogP) is 2.83. The van der Waals surface area contributed by atoms with Crippen molar-refractivity contribution in [2.24, 2.45) is 5.92 Å². The van der Waals surface area contributed by atoms with Crippen molar-refractivity contribution in [3.05, 3.63) is 29.3 Å². The Morgan fingerprint density at radius 2 is 1.90 bits per heavy atom. The van der Waals surface area contributed by atoms with Gasteiger partial charge in [-0.3, -0.25) is 19.3 Å². The van der Waals surface area contributed by atoms with Gasteiger partial charge in [0.2, 0.25) is 11.8 Å². The second-order valence-electron chi connectivity index (χ2n) is 12.8. The third kappa shape index (κ3) is 7.55. The van der Waals surface area contributed by atoms with Gasteiger partial charge >= 0.3 is 5.97 Å². The first-order chi connectivity index (χ1) is 19.1. The fourth-order valence-electron chi connectivity index (χ4n) is 6.49. The van der Waals surface area contributed by atoms with Crippen LogP contribution < -0.4 is 4.74 Å². The van der Waals surface area contributed by atoms with Crippen molar-refractivity contribution in [1.82, 2.24) is 14.7 Å². The highest BCUT2D eigenvalue weighted by atomic mass is 16.5. The second-order valence-corrected chi connectivity index (χ2v) is 12.8. The average Bonchev–Trinajstić information content (AvgIpc) is 3.62. The lowest BCUT2D eigenvalue weighted by molar-refractivity contribution is -0.870. The molecular weight excluding hydrogens is 508 g/mol. The molecule has 3 aliphatic rings. The Morgan fingerprint density at radius 3 is 2.58 bits per heavy atom. The van der Waals surface area contributed by atoms with E-state index in [4.69, 9.17) is 4.74 Å². The molecule has 40 heavy (non-hydrogen) atoms. The molecule has 3 heterocycles. The topological polar surface area (TPSA) is 90.4 Å². The van der Waals surface area contributed by atoms with Crippen LogP contribution in [0.15, 0.2) is 18.2 Å². The van der Waals surface area contributed by atoms with Crippen LogP contribution in [0.1, 0.15) is 62.5 Å². The van der Waals surface area contributed by atoms with E-state index in [1.165, 1.54) is 0 Å². The van der Waals surface area contributed by atoms with Gasteiger partial charge in [0, 0.05) is 57.5 Å². The van der Waals surface area contributed by atoms with Gasteiger partial charge in [0.1, 0.15) is 5.75 Å². The van der Waals surface area contributed by atoms with E-state index in [2.05, 4.69) is 39.0 Å². The van der Waals surface area contributed by atoms with Gasteiger partial charge in [0.05, 0.1) is 46.8 Å². The molecule has 1 N–H and O–H groups in total. The molecular formula is C31H49N4O5+. The summed E-state index contributed by atoms with van der Waals surface area (Å²) in [5, 5.41) is 10.5. The van der Waals surface area contributed by atoms with Crippen molar-refractivity contribution >= 4 is 17.8 Å². The van der Waals surface area contributed by atoms with Gasteiger partial charge in [-0.05, 0) is 42.9 Å². The highest BCUT2D eigenvalue weighted by Gasteiger charge is 2.48. The van der Waals surface area contributed by atoms with E-state index < -0.39 is 17.9 Å². The number of unbranched alkanes of at least 4 members (excludes halogenated alkanes) is 2. The number of carboxylic acids is 1. The summed E-state index contributed by atoms with van der Waals surface area (Å²) in [6.07, 6.45) is 6.09. The standard InChI is InChI=1S/C31H48N4O5/c1-5-6-14-32(15-7-8-17-35(2,3)4)29(37)22-34-20-25(23-11-12-27-24(19-23)13-18-40-27)30(31(38)39)26(34)21-33-16-9-10-28(33)36/h11-12,19,25-26,30H,5-10,13-18,20-22H2,1-4H3/p+1/t25-,26+,30-/m1/s1. The molecule has 4 rings (SSSR count). The summed E-state index contributed by atoms with van der Waals surface area (Å²) in [6.45, 7) is 6.95. The van der Waals surface area contributed by atoms with Gasteiger partial charge < -0.3 is 24.1 Å². The van der Waals surface area contributed by atoms with E-state index in [-0.39, 0.29) is 24.3 Å². The van der Waals surface area contributed by atoms with Gasteiger partial charge in [-0.25, -0.2) is 0 Å². The molecule has 3 aliphatic heterocycles. The van der Waals surface area contributed by atoms with Crippen LogP contribution in [0.3, 0.4) is 0 Å². The number of rotatable bonds is 14. The molecule has 2 saturated heterocycles. The van der Waals surface area contributed by atoms with E-state index in [0.717, 1.165) is 79.5 Å². The van der Waals surface area contributed by atoms with Gasteiger partial charge in [0.25, 0.3) is 0 Å². The zero-order valence-electron chi connectivity index (χ0n) is 24.9. The summed E-state index contributed by atoms with van der Waals surface area (Å²) in [4.78, 5) is 45.0. The number of hydrogen-bond donors (Lipinski definition) is 1. The number of ether oxygens (including phenoxy) is 1. The molecule has 0 aromatic heterocycles. The number of aliphatic carboxylic acids is 1. The number of amides is 2. The van der Waals surface area contributed by atoms with Crippen LogP contribution in [-0.2, 0) is 20.8 Å². The Balaban J connectivity index is 1.54. The second kappa shape index (κ2) is 13.3. The van der Waals surface area contributed by atoms with Crippen LogP contribution in [0.5, 0.6) is 5.75 Å². The van der Waals surface area contributed by atoms with Crippen molar-refractivity contribution in [2.45, 2.75) is 63.8 Å². The molecule has 0 bridgehead atoms. The molecule has 2 amide bonds. The van der Waals surface area contributed by atoms with Gasteiger partial charge in [-0.15, -0.1) is 0 Å². The molecule has 0 spiro atoms. The van der Waals surface area contributed by atoms with E-state index in [1.54, 1.807) is 4.90 Å². The summed E-state index contributed by atoms with van der Waals surface area (Å²) >= 11 is 0. The van der Waals surface area contributed by atoms with Gasteiger partial charge in [-0.2, -0.15) is 0 Å². The molecule has 1 aromatic carbocycles. The highest BCUT2D eigenvalue weighted by Crippen LogP contribution is 2.40. The number of nitrogens with zero attached hydrogens (tertiary/aromatic N) is 4. The third-order valence-electron chi connectivity index (χ3n) is 8.73. The van der Waals surface area contributed by atoms with Crippen molar-refractivity contribution < 1.29 is 28.7 Å². The molecule has 0 radical (unpaired) electrons. The Kier molecular flexibility index (Phi) is 10.1. The first kappa shape index (κ1) is 30.3. The summed E-state index contributed by atoms with van der Waals surface area (Å²) in [5.74, 6) is -0.810. The van der Waals surface area contributed by atoms with Crippen LogP contribution in [0.25, 0.3) is 0 Å². The molecule has 2 fully saturated rings. The lowest BCUT2D eigenvalue weighted by atomic mass is 9.84. The number of fused-ring (bicyclic) bond motifs is 1. The van der Waals surface area contributed by atoms with Crippen molar-refractivity contribution in [3.8, 4) is 5.75 Å².